The molecule has 6 heteroatoms. The van der Waals surface area contributed by atoms with Gasteiger partial charge in [0.05, 0.1) is 4.90 Å². The summed E-state index contributed by atoms with van der Waals surface area (Å²) < 4.78 is 26.6. The minimum Gasteiger partial charge on any atom is -0.296 e. The summed E-state index contributed by atoms with van der Waals surface area (Å²) in [5.74, 6) is -0.355. The number of ketones is 1. The standard InChI is InChI=1S/C17H18ClNO3S/c1-13-7-10-15(11-8-13)23(21,22)19-17(18)16(20)12-9-14-5-3-2-4-6-14/h2-8,10-11,17,19H,9,12H2,1H3. The second-order valence-corrected chi connectivity index (χ2v) is 7.40. The number of rotatable bonds is 7. The van der Waals surface area contributed by atoms with E-state index in [0.29, 0.717) is 6.42 Å². The second kappa shape index (κ2) is 7.73. The lowest BCUT2D eigenvalue weighted by Gasteiger charge is -2.12. The predicted octanol–water partition coefficient (Wildman–Crippen LogP) is 3.04. The predicted molar refractivity (Wildman–Crippen MR) is 90.9 cm³/mol. The molecule has 1 N–H and O–H groups in total. The molecule has 0 aliphatic heterocycles. The molecule has 2 aromatic carbocycles. The Morgan fingerprint density at radius 3 is 2.30 bits per heavy atom. The first kappa shape index (κ1) is 17.7. The van der Waals surface area contributed by atoms with E-state index >= 15 is 0 Å². The Morgan fingerprint density at radius 1 is 1.09 bits per heavy atom. The number of benzene rings is 2. The van der Waals surface area contributed by atoms with Gasteiger partial charge in [-0.1, -0.05) is 59.6 Å². The van der Waals surface area contributed by atoms with Crippen molar-refractivity contribution in [2.24, 2.45) is 0 Å². The van der Waals surface area contributed by atoms with Crippen LogP contribution in [0.25, 0.3) is 0 Å². The Hall–Kier alpha value is -1.69. The van der Waals surface area contributed by atoms with Crippen LogP contribution in [0.1, 0.15) is 17.5 Å². The molecule has 0 aliphatic carbocycles. The highest BCUT2D eigenvalue weighted by Gasteiger charge is 2.23. The van der Waals surface area contributed by atoms with Crippen molar-refractivity contribution < 1.29 is 13.2 Å². The third kappa shape index (κ3) is 5.16. The van der Waals surface area contributed by atoms with E-state index < -0.39 is 15.5 Å². The largest absolute Gasteiger partial charge is 0.296 e. The van der Waals surface area contributed by atoms with Crippen LogP contribution in [-0.2, 0) is 21.2 Å². The van der Waals surface area contributed by atoms with E-state index in [2.05, 4.69) is 4.72 Å². The number of hydrogen-bond acceptors (Lipinski definition) is 3. The summed E-state index contributed by atoms with van der Waals surface area (Å²) in [7, 11) is -3.81. The van der Waals surface area contributed by atoms with Crippen LogP contribution in [0.4, 0.5) is 0 Å². The van der Waals surface area contributed by atoms with Crippen LogP contribution in [0, 0.1) is 6.92 Å². The molecule has 0 aliphatic rings. The monoisotopic (exact) mass is 351 g/mol. The Kier molecular flexibility index (Phi) is 5.93. The van der Waals surface area contributed by atoms with Gasteiger partial charge in [-0.25, -0.2) is 8.42 Å². The van der Waals surface area contributed by atoms with Gasteiger partial charge in [-0.05, 0) is 31.0 Å². The van der Waals surface area contributed by atoms with E-state index in [9.17, 15) is 13.2 Å². The highest BCUT2D eigenvalue weighted by atomic mass is 35.5. The summed E-state index contributed by atoms with van der Waals surface area (Å²) >= 11 is 5.92. The van der Waals surface area contributed by atoms with Crippen LogP contribution < -0.4 is 4.72 Å². The minimum atomic E-state index is -3.81. The molecule has 0 amide bonds. The van der Waals surface area contributed by atoms with Crippen molar-refractivity contribution in [3.63, 3.8) is 0 Å². The Bertz CT molecular complexity index is 758. The maximum Gasteiger partial charge on any atom is 0.242 e. The summed E-state index contributed by atoms with van der Waals surface area (Å²) in [5.41, 5.74) is 0.682. The zero-order valence-electron chi connectivity index (χ0n) is 12.7. The quantitative estimate of drug-likeness (QED) is 0.616. The summed E-state index contributed by atoms with van der Waals surface area (Å²) in [6, 6.07) is 15.8. The van der Waals surface area contributed by atoms with Crippen LogP contribution in [0.5, 0.6) is 0 Å². The van der Waals surface area contributed by atoms with Gasteiger partial charge in [0.25, 0.3) is 0 Å². The molecule has 0 bridgehead atoms. The maximum absolute atomic E-state index is 12.2. The van der Waals surface area contributed by atoms with Crippen LogP contribution in [0.15, 0.2) is 59.5 Å². The molecule has 1 atom stereocenters. The Balaban J connectivity index is 1.96. The number of aryl methyl sites for hydroxylation is 2. The molecule has 2 rings (SSSR count). The molecule has 2 aromatic rings. The summed E-state index contributed by atoms with van der Waals surface area (Å²) in [4.78, 5) is 12.1. The zero-order valence-corrected chi connectivity index (χ0v) is 14.3. The van der Waals surface area contributed by atoms with Gasteiger partial charge >= 0.3 is 0 Å². The van der Waals surface area contributed by atoms with E-state index in [4.69, 9.17) is 11.6 Å². The summed E-state index contributed by atoms with van der Waals surface area (Å²) in [6.07, 6.45) is 0.698. The molecule has 122 valence electrons. The number of Topliss-reactive ketones (excluding diaryl/α,β-unsaturated/α-hetero) is 1. The van der Waals surface area contributed by atoms with Gasteiger partial charge in [-0.15, -0.1) is 0 Å². The number of alkyl halides is 1. The molecule has 23 heavy (non-hydrogen) atoms. The molecule has 0 fully saturated rings. The van der Waals surface area contributed by atoms with E-state index in [1.54, 1.807) is 12.1 Å². The van der Waals surface area contributed by atoms with Crippen molar-refractivity contribution >= 4 is 27.4 Å². The Morgan fingerprint density at radius 2 is 1.70 bits per heavy atom. The molecular formula is C17H18ClNO3S. The van der Waals surface area contributed by atoms with Crippen molar-refractivity contribution in [2.45, 2.75) is 30.2 Å². The fraction of sp³-hybridized carbons (Fsp3) is 0.235. The van der Waals surface area contributed by atoms with E-state index in [1.165, 1.54) is 12.1 Å². The van der Waals surface area contributed by atoms with Gasteiger partial charge in [0.2, 0.25) is 10.0 Å². The Labute approximate surface area is 141 Å². The lowest BCUT2D eigenvalue weighted by Crippen LogP contribution is -2.36. The third-order valence-electron chi connectivity index (χ3n) is 3.38. The molecular weight excluding hydrogens is 334 g/mol. The number of hydrogen-bond donors (Lipinski definition) is 1. The average molecular weight is 352 g/mol. The van der Waals surface area contributed by atoms with E-state index in [1.807, 2.05) is 37.3 Å². The molecule has 0 spiro atoms. The van der Waals surface area contributed by atoms with Gasteiger partial charge < -0.3 is 0 Å². The lowest BCUT2D eigenvalue weighted by atomic mass is 10.1. The van der Waals surface area contributed by atoms with Crippen molar-refractivity contribution in [1.82, 2.24) is 4.72 Å². The van der Waals surface area contributed by atoms with Crippen molar-refractivity contribution in [1.29, 1.82) is 0 Å². The first-order valence-electron chi connectivity index (χ1n) is 7.18. The first-order valence-corrected chi connectivity index (χ1v) is 9.10. The SMILES string of the molecule is Cc1ccc(S(=O)(=O)NC(Cl)C(=O)CCc2ccccc2)cc1. The third-order valence-corrected chi connectivity index (χ3v) is 5.30. The highest BCUT2D eigenvalue weighted by Crippen LogP contribution is 2.13. The van der Waals surface area contributed by atoms with Crippen molar-refractivity contribution in [2.75, 3.05) is 0 Å². The molecule has 0 saturated carbocycles. The molecule has 0 heterocycles. The van der Waals surface area contributed by atoms with Crippen molar-refractivity contribution in [3.8, 4) is 0 Å². The number of carbonyl (C=O) groups excluding carboxylic acids is 1. The van der Waals surface area contributed by atoms with Gasteiger partial charge in [0.1, 0.15) is 0 Å². The molecule has 0 radical (unpaired) electrons. The van der Waals surface area contributed by atoms with Gasteiger partial charge in [0, 0.05) is 6.42 Å². The zero-order chi connectivity index (χ0) is 16.9. The number of carbonyl (C=O) groups is 1. The van der Waals surface area contributed by atoms with Gasteiger partial charge in [-0.3, -0.25) is 4.79 Å². The number of sulfonamides is 1. The number of halogens is 1. The van der Waals surface area contributed by atoms with Crippen LogP contribution >= 0.6 is 11.6 Å². The molecule has 0 aromatic heterocycles. The van der Waals surface area contributed by atoms with Crippen molar-refractivity contribution in [3.05, 3.63) is 65.7 Å². The smallest absolute Gasteiger partial charge is 0.242 e. The van der Waals surface area contributed by atoms with Gasteiger partial charge in [0.15, 0.2) is 11.3 Å². The fourth-order valence-corrected chi connectivity index (χ4v) is 3.52. The van der Waals surface area contributed by atoms with Crippen LogP contribution in [-0.4, -0.2) is 19.7 Å². The summed E-state index contributed by atoms with van der Waals surface area (Å²) in [6.45, 7) is 1.86. The topological polar surface area (TPSA) is 63.2 Å². The molecule has 1 unspecified atom stereocenters. The second-order valence-electron chi connectivity index (χ2n) is 5.25. The maximum atomic E-state index is 12.2. The van der Waals surface area contributed by atoms with Gasteiger partial charge in [-0.2, -0.15) is 4.72 Å². The van der Waals surface area contributed by atoms with Crippen LogP contribution in [0.3, 0.4) is 0 Å². The number of nitrogens with one attached hydrogen (secondary N) is 1. The fourth-order valence-electron chi connectivity index (χ4n) is 2.03. The lowest BCUT2D eigenvalue weighted by molar-refractivity contribution is -0.118. The molecule has 0 saturated heterocycles. The highest BCUT2D eigenvalue weighted by molar-refractivity contribution is 7.89. The minimum absolute atomic E-state index is 0.0876. The van der Waals surface area contributed by atoms with E-state index in [-0.39, 0.29) is 17.1 Å². The summed E-state index contributed by atoms with van der Waals surface area (Å²) in [5, 5.41) is 0. The van der Waals surface area contributed by atoms with E-state index in [0.717, 1.165) is 11.1 Å². The molecule has 4 nitrogen and oxygen atoms in total. The van der Waals surface area contributed by atoms with Crippen LogP contribution in [0.2, 0.25) is 0 Å². The average Bonchev–Trinajstić information content (AvgIpc) is 2.53. The normalized spacial score (nSPS) is 12.8. The first-order chi connectivity index (χ1) is 10.9.